The molecule has 4 aromatic rings. The second-order valence-corrected chi connectivity index (χ2v) is 6.71. The third-order valence-corrected chi connectivity index (χ3v) is 5.02. The molecule has 0 saturated carbocycles. The van der Waals surface area contributed by atoms with E-state index in [2.05, 4.69) is 35.5 Å². The van der Waals surface area contributed by atoms with E-state index in [4.69, 9.17) is 16.3 Å². The molecule has 0 aliphatic carbocycles. The Kier molecular flexibility index (Phi) is 4.79. The number of H-pyrrole nitrogens is 1. The van der Waals surface area contributed by atoms with E-state index in [1.165, 1.54) is 6.33 Å². The number of aromatic amines is 1. The lowest BCUT2D eigenvalue weighted by atomic mass is 9.95. The number of methoxy groups -OCH3 is 1. The van der Waals surface area contributed by atoms with Crippen LogP contribution in [-0.4, -0.2) is 37.2 Å². The van der Waals surface area contributed by atoms with Crippen molar-refractivity contribution in [3.63, 3.8) is 0 Å². The number of anilines is 1. The van der Waals surface area contributed by atoms with E-state index in [1.807, 2.05) is 26.0 Å². The van der Waals surface area contributed by atoms with E-state index in [1.54, 1.807) is 25.8 Å². The van der Waals surface area contributed by atoms with E-state index in [9.17, 15) is 0 Å². The maximum absolute atomic E-state index is 6.56. The van der Waals surface area contributed by atoms with Crippen molar-refractivity contribution in [3.05, 3.63) is 53.3 Å². The van der Waals surface area contributed by atoms with Gasteiger partial charge in [-0.1, -0.05) is 11.6 Å². The summed E-state index contributed by atoms with van der Waals surface area (Å²) in [5.41, 5.74) is 4.94. The van der Waals surface area contributed by atoms with Gasteiger partial charge in [0.25, 0.3) is 0 Å². The summed E-state index contributed by atoms with van der Waals surface area (Å²) in [5, 5.41) is 11.9. The van der Waals surface area contributed by atoms with Gasteiger partial charge in [0.15, 0.2) is 11.5 Å². The molecular formula is C19H18ClN7O. The van der Waals surface area contributed by atoms with Gasteiger partial charge in [-0.25, -0.2) is 15.0 Å². The highest BCUT2D eigenvalue weighted by atomic mass is 35.5. The predicted molar refractivity (Wildman–Crippen MR) is 107 cm³/mol. The maximum atomic E-state index is 6.56. The molecule has 0 fully saturated rings. The minimum Gasteiger partial charge on any atom is -0.496 e. The molecule has 2 N–H and O–H groups in total. The Morgan fingerprint density at radius 1 is 1.21 bits per heavy atom. The van der Waals surface area contributed by atoms with Crippen LogP contribution in [0.3, 0.4) is 0 Å². The summed E-state index contributed by atoms with van der Waals surface area (Å²) in [6, 6.07) is 3.65. The largest absolute Gasteiger partial charge is 0.496 e. The zero-order valence-corrected chi connectivity index (χ0v) is 16.3. The van der Waals surface area contributed by atoms with Crippen LogP contribution in [0.4, 0.5) is 5.82 Å². The van der Waals surface area contributed by atoms with Crippen molar-refractivity contribution in [2.75, 3.05) is 12.4 Å². The summed E-state index contributed by atoms with van der Waals surface area (Å²) in [6.45, 7) is 3.98. The molecule has 8 nitrogen and oxygen atoms in total. The Morgan fingerprint density at radius 3 is 2.82 bits per heavy atom. The van der Waals surface area contributed by atoms with Crippen LogP contribution in [0.25, 0.3) is 22.3 Å². The fourth-order valence-corrected chi connectivity index (χ4v) is 3.44. The number of aromatic nitrogens is 6. The smallest absolute Gasteiger partial charge is 0.182 e. The number of rotatable bonds is 5. The van der Waals surface area contributed by atoms with E-state index in [0.29, 0.717) is 16.5 Å². The first-order valence-electron chi connectivity index (χ1n) is 8.64. The Hall–Kier alpha value is -3.26. The van der Waals surface area contributed by atoms with E-state index < -0.39 is 0 Å². The molecule has 1 atom stereocenters. The number of nitrogens with one attached hydrogen (secondary N) is 2. The zero-order chi connectivity index (χ0) is 19.7. The third-order valence-electron chi connectivity index (χ3n) is 4.62. The van der Waals surface area contributed by atoms with Crippen molar-refractivity contribution in [2.24, 2.45) is 0 Å². The van der Waals surface area contributed by atoms with Gasteiger partial charge in [-0.15, -0.1) is 0 Å². The predicted octanol–water partition coefficient (Wildman–Crippen LogP) is 3.95. The number of ether oxygens (including phenoxy) is 1. The number of hydrogen-bond acceptors (Lipinski definition) is 7. The molecular weight excluding hydrogens is 378 g/mol. The molecule has 0 aliphatic heterocycles. The van der Waals surface area contributed by atoms with Gasteiger partial charge in [-0.05, 0) is 31.5 Å². The number of nitrogens with zero attached hydrogens (tertiary/aromatic N) is 5. The fourth-order valence-electron chi connectivity index (χ4n) is 3.23. The topological polar surface area (TPSA) is 102 Å². The van der Waals surface area contributed by atoms with Crippen LogP contribution >= 0.6 is 11.6 Å². The average Bonchev–Trinajstić information content (AvgIpc) is 3.20. The summed E-state index contributed by atoms with van der Waals surface area (Å²) >= 11 is 6.56. The molecule has 0 saturated heterocycles. The quantitative estimate of drug-likeness (QED) is 0.527. The molecule has 3 heterocycles. The average molecular weight is 396 g/mol. The summed E-state index contributed by atoms with van der Waals surface area (Å²) in [4.78, 5) is 15.7. The molecule has 0 amide bonds. The molecule has 9 heteroatoms. The first-order chi connectivity index (χ1) is 13.6. The molecule has 0 radical (unpaired) electrons. The standard InChI is InChI=1S/C19H18ClN7O/c1-10-14(20)6-13(17(28-3)15(10)12-4-5-25-26-7-12)11(2)27-19-16-18(22-8-21-16)23-9-24-19/h4-9,11H,1-3H3,(H2,21,22,23,24,27). The van der Waals surface area contributed by atoms with Crippen LogP contribution in [0, 0.1) is 6.92 Å². The summed E-state index contributed by atoms with van der Waals surface area (Å²) < 4.78 is 5.80. The Bertz CT molecular complexity index is 1130. The molecule has 3 aromatic heterocycles. The van der Waals surface area contributed by atoms with Crippen LogP contribution in [0.2, 0.25) is 5.02 Å². The third kappa shape index (κ3) is 3.11. The zero-order valence-electron chi connectivity index (χ0n) is 15.6. The van der Waals surface area contributed by atoms with Gasteiger partial charge in [-0.2, -0.15) is 10.2 Å². The lowest BCUT2D eigenvalue weighted by molar-refractivity contribution is 0.409. The normalized spacial score (nSPS) is 12.1. The molecule has 0 aliphatic rings. The Labute approximate surface area is 166 Å². The van der Waals surface area contributed by atoms with Gasteiger partial charge in [0, 0.05) is 21.7 Å². The molecule has 1 unspecified atom stereocenters. The van der Waals surface area contributed by atoms with Crippen molar-refractivity contribution in [1.82, 2.24) is 30.1 Å². The van der Waals surface area contributed by atoms with Gasteiger partial charge in [0.05, 0.1) is 31.9 Å². The van der Waals surface area contributed by atoms with Gasteiger partial charge in [0.1, 0.15) is 17.6 Å². The lowest BCUT2D eigenvalue weighted by Gasteiger charge is -2.22. The summed E-state index contributed by atoms with van der Waals surface area (Å²) in [5.74, 6) is 1.38. The van der Waals surface area contributed by atoms with Crippen LogP contribution < -0.4 is 10.1 Å². The number of imidazole rings is 1. The van der Waals surface area contributed by atoms with Crippen LogP contribution in [-0.2, 0) is 0 Å². The number of benzene rings is 1. The number of halogens is 1. The molecule has 0 spiro atoms. The van der Waals surface area contributed by atoms with Gasteiger partial charge < -0.3 is 15.0 Å². The highest BCUT2D eigenvalue weighted by Gasteiger charge is 2.22. The van der Waals surface area contributed by atoms with Crippen molar-refractivity contribution in [2.45, 2.75) is 19.9 Å². The van der Waals surface area contributed by atoms with Crippen molar-refractivity contribution in [1.29, 1.82) is 0 Å². The molecule has 0 bridgehead atoms. The highest BCUT2D eigenvalue weighted by Crippen LogP contribution is 2.42. The first-order valence-corrected chi connectivity index (χ1v) is 9.02. The summed E-state index contributed by atoms with van der Waals surface area (Å²) in [6.07, 6.45) is 6.41. The van der Waals surface area contributed by atoms with Crippen LogP contribution in [0.5, 0.6) is 5.75 Å². The van der Waals surface area contributed by atoms with Crippen molar-refractivity contribution >= 4 is 28.6 Å². The van der Waals surface area contributed by atoms with Crippen molar-refractivity contribution < 1.29 is 4.74 Å². The molecule has 4 rings (SSSR count). The Balaban J connectivity index is 1.81. The minimum absolute atomic E-state index is 0.150. The SMILES string of the molecule is COc1c(C(C)Nc2ncnc3nc[nH]c23)cc(Cl)c(C)c1-c1ccnnc1. The molecule has 1 aromatic carbocycles. The van der Waals surface area contributed by atoms with Gasteiger partial charge in [-0.3, -0.25) is 0 Å². The van der Waals surface area contributed by atoms with Gasteiger partial charge >= 0.3 is 0 Å². The highest BCUT2D eigenvalue weighted by molar-refractivity contribution is 6.32. The maximum Gasteiger partial charge on any atom is 0.182 e. The minimum atomic E-state index is -0.150. The number of hydrogen-bond donors (Lipinski definition) is 2. The van der Waals surface area contributed by atoms with Crippen molar-refractivity contribution in [3.8, 4) is 16.9 Å². The Morgan fingerprint density at radius 2 is 2.07 bits per heavy atom. The lowest BCUT2D eigenvalue weighted by Crippen LogP contribution is -2.11. The fraction of sp³-hybridized carbons (Fsp3) is 0.211. The first kappa shape index (κ1) is 18.1. The van der Waals surface area contributed by atoms with E-state index in [-0.39, 0.29) is 6.04 Å². The van der Waals surface area contributed by atoms with E-state index >= 15 is 0 Å². The summed E-state index contributed by atoms with van der Waals surface area (Å²) in [7, 11) is 1.65. The number of fused-ring (bicyclic) bond motifs is 1. The second kappa shape index (κ2) is 7.40. The van der Waals surface area contributed by atoms with Crippen LogP contribution in [0.15, 0.2) is 37.2 Å². The second-order valence-electron chi connectivity index (χ2n) is 6.30. The molecule has 28 heavy (non-hydrogen) atoms. The van der Waals surface area contributed by atoms with Crippen LogP contribution in [0.1, 0.15) is 24.1 Å². The van der Waals surface area contributed by atoms with Gasteiger partial charge in [0.2, 0.25) is 0 Å². The monoisotopic (exact) mass is 395 g/mol. The van der Waals surface area contributed by atoms with E-state index in [0.717, 1.165) is 33.5 Å². The molecule has 142 valence electrons.